The molecule has 140 valence electrons. The number of pyridine rings is 1. The number of alkyl halides is 3. The van der Waals surface area contributed by atoms with E-state index in [1.54, 1.807) is 19.3 Å². The van der Waals surface area contributed by atoms with Crippen LogP contribution in [0.5, 0.6) is 0 Å². The molecular weight excluding hydrogens is 348 g/mol. The molecule has 1 aromatic heterocycles. The fourth-order valence-corrected chi connectivity index (χ4v) is 3.36. The molecule has 0 radical (unpaired) electrons. The minimum absolute atomic E-state index is 0.0593. The Morgan fingerprint density at radius 1 is 1.12 bits per heavy atom. The van der Waals surface area contributed by atoms with Gasteiger partial charge in [0.25, 0.3) is 5.56 Å². The molecule has 0 spiro atoms. The van der Waals surface area contributed by atoms with Gasteiger partial charge in [0.05, 0.1) is 5.56 Å². The zero-order chi connectivity index (χ0) is 18.9. The van der Waals surface area contributed by atoms with Gasteiger partial charge >= 0.3 is 6.18 Å². The van der Waals surface area contributed by atoms with Gasteiger partial charge in [-0.05, 0) is 61.7 Å². The van der Waals surface area contributed by atoms with Crippen LogP contribution < -0.4 is 5.56 Å². The first-order valence-corrected chi connectivity index (χ1v) is 8.48. The Balaban J connectivity index is 1.66. The number of hydrogen-bond acceptors (Lipinski definition) is 2. The maximum atomic E-state index is 13.9. The molecule has 0 saturated carbocycles. The lowest BCUT2D eigenvalue weighted by Crippen LogP contribution is -2.33. The van der Waals surface area contributed by atoms with Gasteiger partial charge in [0.2, 0.25) is 0 Å². The van der Waals surface area contributed by atoms with Crippen LogP contribution >= 0.6 is 0 Å². The van der Waals surface area contributed by atoms with Crippen molar-refractivity contribution in [3.63, 3.8) is 0 Å². The van der Waals surface area contributed by atoms with Gasteiger partial charge in [-0.2, -0.15) is 13.2 Å². The van der Waals surface area contributed by atoms with Crippen molar-refractivity contribution in [1.29, 1.82) is 0 Å². The van der Waals surface area contributed by atoms with Crippen molar-refractivity contribution >= 4 is 0 Å². The quantitative estimate of drug-likeness (QED) is 0.768. The van der Waals surface area contributed by atoms with E-state index in [1.807, 2.05) is 11.0 Å². The molecule has 1 aliphatic heterocycles. The normalized spacial score (nSPS) is 16.8. The Morgan fingerprint density at radius 3 is 2.42 bits per heavy atom. The van der Waals surface area contributed by atoms with Crippen molar-refractivity contribution in [1.82, 2.24) is 9.47 Å². The average Bonchev–Trinajstić information content (AvgIpc) is 2.59. The van der Waals surface area contributed by atoms with Gasteiger partial charge < -0.3 is 4.57 Å². The highest BCUT2D eigenvalue weighted by molar-refractivity contribution is 5.27. The number of aromatic nitrogens is 1. The summed E-state index contributed by atoms with van der Waals surface area (Å²) in [5.74, 6) is -0.377. The minimum Gasteiger partial charge on any atom is -0.319 e. The number of hydrogen-bond donors (Lipinski definition) is 0. The van der Waals surface area contributed by atoms with Crippen LogP contribution in [0.25, 0.3) is 0 Å². The topological polar surface area (TPSA) is 25.2 Å². The first-order chi connectivity index (χ1) is 12.2. The van der Waals surface area contributed by atoms with E-state index in [-0.39, 0.29) is 23.6 Å². The average molecular weight is 368 g/mol. The fraction of sp³-hybridized carbons (Fsp3) is 0.421. The van der Waals surface area contributed by atoms with Gasteiger partial charge in [-0.15, -0.1) is 0 Å². The van der Waals surface area contributed by atoms with E-state index >= 15 is 0 Å². The molecule has 3 rings (SSSR count). The maximum Gasteiger partial charge on any atom is 0.416 e. The summed E-state index contributed by atoms with van der Waals surface area (Å²) < 4.78 is 53.9. The highest BCUT2D eigenvalue weighted by atomic mass is 19.4. The van der Waals surface area contributed by atoms with E-state index in [1.165, 1.54) is 4.57 Å². The molecule has 1 aliphatic rings. The van der Waals surface area contributed by atoms with E-state index in [4.69, 9.17) is 0 Å². The molecule has 1 saturated heterocycles. The van der Waals surface area contributed by atoms with Gasteiger partial charge in [-0.25, -0.2) is 4.39 Å². The van der Waals surface area contributed by atoms with Gasteiger partial charge in [0, 0.05) is 31.4 Å². The first-order valence-electron chi connectivity index (χ1n) is 8.48. The predicted molar refractivity (Wildman–Crippen MR) is 90.3 cm³/mol. The number of likely N-dealkylation sites (tertiary alicyclic amines) is 1. The summed E-state index contributed by atoms with van der Waals surface area (Å²) in [7, 11) is 1.69. The molecule has 7 heteroatoms. The summed E-state index contributed by atoms with van der Waals surface area (Å²) in [4.78, 5) is 13.7. The van der Waals surface area contributed by atoms with E-state index in [2.05, 4.69) is 0 Å². The van der Waals surface area contributed by atoms with Crippen LogP contribution in [-0.4, -0.2) is 22.6 Å². The lowest BCUT2D eigenvalue weighted by molar-refractivity contribution is -0.137. The molecular formula is C19H20F4N2O. The predicted octanol–water partition coefficient (Wildman–Crippen LogP) is 3.92. The lowest BCUT2D eigenvalue weighted by Gasteiger charge is -2.32. The zero-order valence-corrected chi connectivity index (χ0v) is 14.4. The summed E-state index contributed by atoms with van der Waals surface area (Å²) in [5, 5.41) is 0. The standard InChI is InChI=1S/C19H20F4N2O/c1-24-7-4-14(11-18(24)26)13-5-8-25(9-6-13)12-15-10-16(19(21,22)23)2-3-17(15)20/h2-4,7,10-11,13H,5-6,8-9,12H2,1H3. The molecule has 0 unspecified atom stereocenters. The van der Waals surface area contributed by atoms with Crippen LogP contribution in [0.4, 0.5) is 17.6 Å². The number of benzene rings is 1. The summed E-state index contributed by atoms with van der Waals surface area (Å²) in [5.41, 5.74) is 0.157. The second-order valence-corrected chi connectivity index (χ2v) is 6.76. The first kappa shape index (κ1) is 18.6. The molecule has 0 amide bonds. The largest absolute Gasteiger partial charge is 0.416 e. The van der Waals surface area contributed by atoms with Crippen molar-refractivity contribution in [3.05, 3.63) is 69.4 Å². The van der Waals surface area contributed by atoms with Crippen molar-refractivity contribution in [2.75, 3.05) is 13.1 Å². The summed E-state index contributed by atoms with van der Waals surface area (Å²) >= 11 is 0. The van der Waals surface area contributed by atoms with Crippen LogP contribution in [0, 0.1) is 5.82 Å². The Kier molecular flexibility index (Phi) is 5.18. The molecule has 0 bridgehead atoms. The Bertz CT molecular complexity index is 836. The molecule has 1 aromatic carbocycles. The molecule has 3 nitrogen and oxygen atoms in total. The zero-order valence-electron chi connectivity index (χ0n) is 14.4. The molecule has 0 atom stereocenters. The molecule has 2 heterocycles. The molecule has 0 N–H and O–H groups in total. The van der Waals surface area contributed by atoms with Gasteiger partial charge in [0.1, 0.15) is 5.82 Å². The van der Waals surface area contributed by atoms with Crippen molar-refractivity contribution < 1.29 is 17.6 Å². The third kappa shape index (κ3) is 4.15. The Hall–Kier alpha value is -2.15. The Labute approximate surface area is 148 Å². The van der Waals surface area contributed by atoms with Crippen molar-refractivity contribution in [3.8, 4) is 0 Å². The molecule has 2 aromatic rings. The number of piperidine rings is 1. The van der Waals surface area contributed by atoms with Crippen LogP contribution in [0.3, 0.4) is 0 Å². The van der Waals surface area contributed by atoms with Gasteiger partial charge in [-0.3, -0.25) is 9.69 Å². The number of nitrogens with zero attached hydrogens (tertiary/aromatic N) is 2. The van der Waals surface area contributed by atoms with Crippen LogP contribution in [0.15, 0.2) is 41.3 Å². The lowest BCUT2D eigenvalue weighted by atomic mass is 9.90. The number of rotatable bonds is 3. The van der Waals surface area contributed by atoms with E-state index < -0.39 is 17.6 Å². The highest BCUT2D eigenvalue weighted by Crippen LogP contribution is 2.32. The third-order valence-electron chi connectivity index (χ3n) is 4.95. The molecule has 1 fully saturated rings. The molecule has 0 aliphatic carbocycles. The van der Waals surface area contributed by atoms with Gasteiger partial charge in [0.15, 0.2) is 0 Å². The molecule has 26 heavy (non-hydrogen) atoms. The third-order valence-corrected chi connectivity index (χ3v) is 4.95. The van der Waals surface area contributed by atoms with Crippen LogP contribution in [-0.2, 0) is 19.8 Å². The SMILES string of the molecule is Cn1ccc(C2CCN(Cc3cc(C(F)(F)F)ccc3F)CC2)cc1=O. The summed E-state index contributed by atoms with van der Waals surface area (Å²) in [6.45, 7) is 1.45. The van der Waals surface area contributed by atoms with Crippen LogP contribution in [0.2, 0.25) is 0 Å². The van der Waals surface area contributed by atoms with Crippen molar-refractivity contribution in [2.24, 2.45) is 7.05 Å². The maximum absolute atomic E-state index is 13.9. The van der Waals surface area contributed by atoms with E-state index in [0.717, 1.165) is 36.6 Å². The second-order valence-electron chi connectivity index (χ2n) is 6.76. The van der Waals surface area contributed by atoms with E-state index in [0.29, 0.717) is 13.1 Å². The summed E-state index contributed by atoms with van der Waals surface area (Å²) in [6.07, 6.45) is -1.17. The fourth-order valence-electron chi connectivity index (χ4n) is 3.36. The van der Waals surface area contributed by atoms with Gasteiger partial charge in [-0.1, -0.05) is 0 Å². The second kappa shape index (κ2) is 7.23. The number of aryl methyl sites for hydroxylation is 1. The summed E-state index contributed by atoms with van der Waals surface area (Å²) in [6, 6.07) is 6.09. The highest BCUT2D eigenvalue weighted by Gasteiger charge is 2.31. The van der Waals surface area contributed by atoms with Crippen LogP contribution in [0.1, 0.15) is 35.4 Å². The van der Waals surface area contributed by atoms with Crippen molar-refractivity contribution in [2.45, 2.75) is 31.5 Å². The minimum atomic E-state index is -4.48. The Morgan fingerprint density at radius 2 is 1.81 bits per heavy atom. The monoisotopic (exact) mass is 368 g/mol. The van der Waals surface area contributed by atoms with E-state index in [9.17, 15) is 22.4 Å². The smallest absolute Gasteiger partial charge is 0.319 e. The number of halogens is 4.